The van der Waals surface area contributed by atoms with Gasteiger partial charge >= 0.3 is 0 Å². The number of carbonyl (C=O) groups is 1. The first-order valence-electron chi connectivity index (χ1n) is 9.40. The molecule has 0 aliphatic carbocycles. The van der Waals surface area contributed by atoms with E-state index >= 15 is 0 Å². The molecule has 3 rings (SSSR count). The number of hydrogen-bond acceptors (Lipinski definition) is 6. The van der Waals surface area contributed by atoms with Crippen molar-refractivity contribution in [2.45, 2.75) is 33.1 Å². The van der Waals surface area contributed by atoms with Crippen LogP contribution in [0.3, 0.4) is 0 Å². The van der Waals surface area contributed by atoms with Crippen LogP contribution >= 0.6 is 0 Å². The highest BCUT2D eigenvalue weighted by Gasteiger charge is 2.15. The fourth-order valence-corrected chi connectivity index (χ4v) is 2.85. The number of methoxy groups -OCH3 is 1. The number of ether oxygens (including phenoxy) is 1. The van der Waals surface area contributed by atoms with Crippen molar-refractivity contribution in [3.63, 3.8) is 0 Å². The van der Waals surface area contributed by atoms with E-state index in [0.717, 1.165) is 16.9 Å². The minimum absolute atomic E-state index is 0.0473. The molecule has 0 saturated carbocycles. The predicted octanol–water partition coefficient (Wildman–Crippen LogP) is 4.45. The zero-order valence-corrected chi connectivity index (χ0v) is 16.7. The third-order valence-electron chi connectivity index (χ3n) is 4.53. The molecule has 0 unspecified atom stereocenters. The molecule has 0 spiro atoms. The van der Waals surface area contributed by atoms with E-state index < -0.39 is 5.82 Å². The summed E-state index contributed by atoms with van der Waals surface area (Å²) in [4.78, 5) is 24.8. The van der Waals surface area contributed by atoms with Gasteiger partial charge in [0.05, 0.1) is 19.0 Å². The number of nitrogens with zero attached hydrogens (tertiary/aromatic N) is 3. The Morgan fingerprint density at radius 3 is 2.48 bits per heavy atom. The molecule has 0 aliphatic heterocycles. The molecule has 0 fully saturated rings. The molecule has 2 heterocycles. The first-order chi connectivity index (χ1) is 14.0. The van der Waals surface area contributed by atoms with E-state index in [4.69, 9.17) is 4.74 Å². The van der Waals surface area contributed by atoms with Crippen molar-refractivity contribution in [1.82, 2.24) is 15.0 Å². The van der Waals surface area contributed by atoms with Crippen LogP contribution < -0.4 is 10.1 Å². The summed E-state index contributed by atoms with van der Waals surface area (Å²) in [6.07, 6.45) is 6.42. The Bertz CT molecular complexity index is 989. The molecule has 6 nitrogen and oxygen atoms in total. The Hall–Kier alpha value is -3.35. The van der Waals surface area contributed by atoms with Crippen molar-refractivity contribution in [2.24, 2.45) is 0 Å². The average molecular weight is 394 g/mol. The van der Waals surface area contributed by atoms with Gasteiger partial charge in [0, 0.05) is 30.1 Å². The topological polar surface area (TPSA) is 77.0 Å². The van der Waals surface area contributed by atoms with E-state index in [-0.39, 0.29) is 11.5 Å². The average Bonchev–Trinajstić information content (AvgIpc) is 2.75. The maximum atomic E-state index is 14.6. The van der Waals surface area contributed by atoms with Crippen molar-refractivity contribution in [2.75, 3.05) is 12.4 Å². The number of pyridine rings is 1. The standard InChI is InChI=1S/C22H23FN4O2/c1-4-19(28)17-9-16(21(23)20(10-17)29-3)7-6-15-11-25-22(26-12-15)27-18-8-5-14(2)24-13-18/h5,8-13H,4,6-7H2,1-3H3,(H,25,26,27). The van der Waals surface area contributed by atoms with Crippen LogP contribution in [0.5, 0.6) is 5.75 Å². The zero-order chi connectivity index (χ0) is 20.8. The molecule has 7 heteroatoms. The summed E-state index contributed by atoms with van der Waals surface area (Å²) in [5.74, 6) is 0.0599. The summed E-state index contributed by atoms with van der Waals surface area (Å²) in [6, 6.07) is 6.86. The van der Waals surface area contributed by atoms with Crippen molar-refractivity contribution < 1.29 is 13.9 Å². The van der Waals surface area contributed by atoms with Crippen LogP contribution in [-0.2, 0) is 12.8 Å². The normalized spacial score (nSPS) is 10.6. The zero-order valence-electron chi connectivity index (χ0n) is 16.7. The Labute approximate surface area is 169 Å². The van der Waals surface area contributed by atoms with Crippen LogP contribution in [0.2, 0.25) is 0 Å². The Kier molecular flexibility index (Phi) is 6.49. The molecule has 0 saturated heterocycles. The first kappa shape index (κ1) is 20.4. The summed E-state index contributed by atoms with van der Waals surface area (Å²) >= 11 is 0. The van der Waals surface area contributed by atoms with E-state index in [0.29, 0.717) is 36.3 Å². The van der Waals surface area contributed by atoms with Gasteiger partial charge in [0.1, 0.15) is 0 Å². The lowest BCUT2D eigenvalue weighted by Gasteiger charge is -2.11. The van der Waals surface area contributed by atoms with Gasteiger partial charge in [0.15, 0.2) is 17.3 Å². The van der Waals surface area contributed by atoms with Gasteiger partial charge in [-0.3, -0.25) is 9.78 Å². The minimum Gasteiger partial charge on any atom is -0.494 e. The summed E-state index contributed by atoms with van der Waals surface area (Å²) < 4.78 is 19.7. The number of halogens is 1. The maximum absolute atomic E-state index is 14.6. The summed E-state index contributed by atoms with van der Waals surface area (Å²) in [5.41, 5.74) is 3.50. The fraction of sp³-hybridized carbons (Fsp3) is 0.273. The number of benzene rings is 1. The lowest BCUT2D eigenvalue weighted by molar-refractivity contribution is 0.0987. The van der Waals surface area contributed by atoms with Gasteiger partial charge in [0.25, 0.3) is 0 Å². The minimum atomic E-state index is -0.439. The molecule has 0 bridgehead atoms. The number of hydrogen-bond donors (Lipinski definition) is 1. The molecule has 29 heavy (non-hydrogen) atoms. The molecule has 150 valence electrons. The number of aromatic nitrogens is 3. The molecule has 0 radical (unpaired) electrons. The fourth-order valence-electron chi connectivity index (χ4n) is 2.85. The third kappa shape index (κ3) is 5.13. The molecular formula is C22H23FN4O2. The Balaban J connectivity index is 1.69. The van der Waals surface area contributed by atoms with E-state index in [9.17, 15) is 9.18 Å². The first-order valence-corrected chi connectivity index (χ1v) is 9.40. The highest BCUT2D eigenvalue weighted by atomic mass is 19.1. The highest BCUT2D eigenvalue weighted by Crippen LogP contribution is 2.25. The summed E-state index contributed by atoms with van der Waals surface area (Å²) in [6.45, 7) is 3.69. The molecular weight excluding hydrogens is 371 g/mol. The number of anilines is 2. The summed E-state index contributed by atoms with van der Waals surface area (Å²) in [5, 5.41) is 3.08. The van der Waals surface area contributed by atoms with Gasteiger partial charge < -0.3 is 10.1 Å². The predicted molar refractivity (Wildman–Crippen MR) is 109 cm³/mol. The van der Waals surface area contributed by atoms with Gasteiger partial charge in [-0.25, -0.2) is 14.4 Å². The second-order valence-electron chi connectivity index (χ2n) is 6.66. The van der Waals surface area contributed by atoms with Gasteiger partial charge in [-0.15, -0.1) is 0 Å². The molecule has 2 aromatic heterocycles. The number of aryl methyl sites for hydroxylation is 3. The second-order valence-corrected chi connectivity index (χ2v) is 6.66. The Morgan fingerprint density at radius 2 is 1.86 bits per heavy atom. The third-order valence-corrected chi connectivity index (χ3v) is 4.53. The molecule has 0 amide bonds. The van der Waals surface area contributed by atoms with E-state index in [1.54, 1.807) is 31.6 Å². The van der Waals surface area contributed by atoms with Gasteiger partial charge in [-0.05, 0) is 55.2 Å². The van der Waals surface area contributed by atoms with Crippen LogP contribution in [0.15, 0.2) is 42.9 Å². The molecule has 0 aliphatic rings. The quantitative estimate of drug-likeness (QED) is 0.569. The lowest BCUT2D eigenvalue weighted by Crippen LogP contribution is -2.04. The molecule has 3 aromatic rings. The lowest BCUT2D eigenvalue weighted by atomic mass is 10.00. The van der Waals surface area contributed by atoms with Gasteiger partial charge in [-0.1, -0.05) is 6.92 Å². The van der Waals surface area contributed by atoms with Crippen molar-refractivity contribution >= 4 is 17.4 Å². The van der Waals surface area contributed by atoms with Crippen LogP contribution in [0, 0.1) is 12.7 Å². The van der Waals surface area contributed by atoms with Crippen molar-refractivity contribution in [1.29, 1.82) is 0 Å². The van der Waals surface area contributed by atoms with Crippen molar-refractivity contribution in [3.05, 3.63) is 71.1 Å². The monoisotopic (exact) mass is 394 g/mol. The van der Waals surface area contributed by atoms with Gasteiger partial charge in [-0.2, -0.15) is 0 Å². The second kappa shape index (κ2) is 9.23. The van der Waals surface area contributed by atoms with Gasteiger partial charge in [0.2, 0.25) is 5.95 Å². The number of ketones is 1. The molecule has 1 N–H and O–H groups in total. The largest absolute Gasteiger partial charge is 0.494 e. The number of Topliss-reactive ketones (excluding diaryl/α,β-unsaturated/α-hetero) is 1. The van der Waals surface area contributed by atoms with Crippen molar-refractivity contribution in [3.8, 4) is 5.75 Å². The van der Waals surface area contributed by atoms with E-state index in [1.165, 1.54) is 13.2 Å². The number of carbonyl (C=O) groups excluding carboxylic acids is 1. The SMILES string of the molecule is CCC(=O)c1cc(CCc2cnc(Nc3ccc(C)nc3)nc2)c(F)c(OC)c1. The van der Waals surface area contributed by atoms with Crippen LogP contribution in [0.4, 0.5) is 16.0 Å². The summed E-state index contributed by atoms with van der Waals surface area (Å²) in [7, 11) is 1.39. The Morgan fingerprint density at radius 1 is 1.10 bits per heavy atom. The van der Waals surface area contributed by atoms with E-state index in [1.807, 2.05) is 19.1 Å². The van der Waals surface area contributed by atoms with Crippen LogP contribution in [-0.4, -0.2) is 27.8 Å². The smallest absolute Gasteiger partial charge is 0.227 e. The van der Waals surface area contributed by atoms with Crippen LogP contribution in [0.1, 0.15) is 40.5 Å². The molecule has 1 aromatic carbocycles. The highest BCUT2D eigenvalue weighted by molar-refractivity contribution is 5.96. The van der Waals surface area contributed by atoms with Crippen LogP contribution in [0.25, 0.3) is 0 Å². The number of rotatable bonds is 8. The number of nitrogens with one attached hydrogen (secondary N) is 1. The van der Waals surface area contributed by atoms with E-state index in [2.05, 4.69) is 20.3 Å². The maximum Gasteiger partial charge on any atom is 0.227 e. The molecule has 0 atom stereocenters.